The van der Waals surface area contributed by atoms with E-state index in [2.05, 4.69) is 22.8 Å². The molecule has 3 rings (SSSR count). The lowest BCUT2D eigenvalue weighted by Gasteiger charge is -2.24. The number of carboxylic acids is 1. The molecule has 0 heterocycles. The van der Waals surface area contributed by atoms with Crippen LogP contribution >= 0.6 is 0 Å². The maximum atomic E-state index is 12.1. The van der Waals surface area contributed by atoms with E-state index in [1.54, 1.807) is 13.8 Å². The van der Waals surface area contributed by atoms with Gasteiger partial charge in [0.1, 0.15) is 6.61 Å². The van der Waals surface area contributed by atoms with E-state index in [0.717, 1.165) is 22.3 Å². The first-order valence-electron chi connectivity index (χ1n) is 9.88. The fourth-order valence-electron chi connectivity index (χ4n) is 3.79. The first-order valence-corrected chi connectivity index (χ1v) is 9.88. The van der Waals surface area contributed by atoms with Gasteiger partial charge < -0.3 is 20.5 Å². The van der Waals surface area contributed by atoms with Crippen LogP contribution in [0.25, 0.3) is 11.1 Å². The molecule has 7 nitrogen and oxygen atoms in total. The van der Waals surface area contributed by atoms with E-state index in [9.17, 15) is 14.4 Å². The number of carbonyl (C=O) groups is 3. The fraction of sp³-hybridized carbons (Fsp3) is 0.348. The summed E-state index contributed by atoms with van der Waals surface area (Å²) >= 11 is 0. The number of rotatable bonds is 8. The highest BCUT2D eigenvalue weighted by molar-refractivity contribution is 5.80. The fourth-order valence-corrected chi connectivity index (χ4v) is 3.79. The molecule has 0 aromatic heterocycles. The molecule has 0 unspecified atom stereocenters. The summed E-state index contributed by atoms with van der Waals surface area (Å²) in [6.45, 7) is 3.58. The highest BCUT2D eigenvalue weighted by Gasteiger charge is 2.29. The number of amides is 2. The molecule has 1 aliphatic carbocycles. The Morgan fingerprint density at radius 1 is 1.00 bits per heavy atom. The topological polar surface area (TPSA) is 105 Å². The maximum absolute atomic E-state index is 12.1. The number of hydrogen-bond acceptors (Lipinski definition) is 4. The van der Waals surface area contributed by atoms with Gasteiger partial charge in [0, 0.05) is 24.4 Å². The number of aliphatic carboxylic acids is 1. The predicted octanol–water partition coefficient (Wildman–Crippen LogP) is 3.28. The summed E-state index contributed by atoms with van der Waals surface area (Å²) in [4.78, 5) is 34.9. The Hall–Kier alpha value is -3.35. The van der Waals surface area contributed by atoms with E-state index >= 15 is 0 Å². The van der Waals surface area contributed by atoms with Crippen LogP contribution in [0.2, 0.25) is 0 Å². The molecular formula is C23H26N2O5. The van der Waals surface area contributed by atoms with E-state index in [1.165, 1.54) is 0 Å². The number of hydrogen-bond donors (Lipinski definition) is 3. The molecule has 30 heavy (non-hydrogen) atoms. The number of carbonyl (C=O) groups excluding carboxylic acids is 2. The van der Waals surface area contributed by atoms with Crippen molar-refractivity contribution in [2.75, 3.05) is 13.2 Å². The summed E-state index contributed by atoms with van der Waals surface area (Å²) in [5.41, 5.74) is 3.72. The van der Waals surface area contributed by atoms with Gasteiger partial charge >= 0.3 is 12.1 Å². The lowest BCUT2D eigenvalue weighted by atomic mass is 9.98. The zero-order valence-electron chi connectivity index (χ0n) is 17.1. The molecular weight excluding hydrogens is 384 g/mol. The number of benzene rings is 2. The van der Waals surface area contributed by atoms with Crippen LogP contribution < -0.4 is 10.6 Å². The van der Waals surface area contributed by atoms with E-state index in [0.29, 0.717) is 0 Å². The molecule has 0 bridgehead atoms. The van der Waals surface area contributed by atoms with Gasteiger partial charge in [0.2, 0.25) is 5.91 Å². The molecule has 0 spiro atoms. The Kier molecular flexibility index (Phi) is 6.40. The van der Waals surface area contributed by atoms with Crippen LogP contribution in [0.1, 0.15) is 43.7 Å². The highest BCUT2D eigenvalue weighted by Crippen LogP contribution is 2.44. The average Bonchev–Trinajstić information content (AvgIpc) is 2.99. The third-order valence-electron chi connectivity index (χ3n) is 5.04. The van der Waals surface area contributed by atoms with Gasteiger partial charge in [-0.15, -0.1) is 0 Å². The van der Waals surface area contributed by atoms with Gasteiger partial charge in [0.15, 0.2) is 0 Å². The van der Waals surface area contributed by atoms with Gasteiger partial charge in [0.25, 0.3) is 0 Å². The van der Waals surface area contributed by atoms with Crippen molar-refractivity contribution in [1.82, 2.24) is 10.6 Å². The van der Waals surface area contributed by atoms with Gasteiger partial charge in [-0.3, -0.25) is 9.59 Å². The molecule has 158 valence electrons. The second kappa shape index (κ2) is 8.98. The Morgan fingerprint density at radius 3 is 2.13 bits per heavy atom. The Bertz CT molecular complexity index is 909. The van der Waals surface area contributed by atoms with Gasteiger partial charge in [-0.2, -0.15) is 0 Å². The third kappa shape index (κ3) is 5.17. The molecule has 0 aliphatic heterocycles. The van der Waals surface area contributed by atoms with Crippen LogP contribution in [0.5, 0.6) is 0 Å². The molecule has 2 aromatic rings. The molecule has 3 N–H and O–H groups in total. The molecule has 0 radical (unpaired) electrons. The second-order valence-corrected chi connectivity index (χ2v) is 8.00. The molecule has 7 heteroatoms. The summed E-state index contributed by atoms with van der Waals surface area (Å²) < 4.78 is 5.42. The molecule has 2 amide bonds. The smallest absolute Gasteiger partial charge is 0.407 e. The highest BCUT2D eigenvalue weighted by atomic mass is 16.5. The van der Waals surface area contributed by atoms with Crippen molar-refractivity contribution in [3.8, 4) is 11.1 Å². The number of carboxylic acid groups (broad SMARTS) is 1. The predicted molar refractivity (Wildman–Crippen MR) is 112 cm³/mol. The average molecular weight is 410 g/mol. The van der Waals surface area contributed by atoms with Crippen LogP contribution in [-0.2, 0) is 14.3 Å². The van der Waals surface area contributed by atoms with Crippen molar-refractivity contribution in [3.63, 3.8) is 0 Å². The molecule has 0 atom stereocenters. The van der Waals surface area contributed by atoms with Crippen LogP contribution in [0.3, 0.4) is 0 Å². The van der Waals surface area contributed by atoms with Gasteiger partial charge in [-0.05, 0) is 36.1 Å². The molecule has 1 aliphatic rings. The zero-order valence-corrected chi connectivity index (χ0v) is 17.1. The Balaban J connectivity index is 1.48. The van der Waals surface area contributed by atoms with Crippen LogP contribution in [0.4, 0.5) is 4.79 Å². The van der Waals surface area contributed by atoms with Gasteiger partial charge in [-0.25, -0.2) is 4.79 Å². The largest absolute Gasteiger partial charge is 0.481 e. The summed E-state index contributed by atoms with van der Waals surface area (Å²) in [5.74, 6) is -1.35. The maximum Gasteiger partial charge on any atom is 0.407 e. The standard InChI is InChI=1S/C23H26N2O5/c1-23(2,13-21(27)28)25-20(26)11-12-24-22(29)30-14-19-17-9-5-3-7-15(17)16-8-4-6-10-18(16)19/h3-10,19H,11-14H2,1-2H3,(H,24,29)(H,25,26)(H,27,28). The van der Waals surface area contributed by atoms with E-state index in [-0.39, 0.29) is 37.8 Å². The van der Waals surface area contributed by atoms with Crippen molar-refractivity contribution in [1.29, 1.82) is 0 Å². The summed E-state index contributed by atoms with van der Waals surface area (Å²) in [7, 11) is 0. The second-order valence-electron chi connectivity index (χ2n) is 8.00. The number of fused-ring (bicyclic) bond motifs is 3. The summed E-state index contributed by atoms with van der Waals surface area (Å²) in [6.07, 6.45) is -0.735. The lowest BCUT2D eigenvalue weighted by Crippen LogP contribution is -2.45. The molecule has 0 fully saturated rings. The van der Waals surface area contributed by atoms with Gasteiger partial charge in [0.05, 0.1) is 6.42 Å². The monoisotopic (exact) mass is 410 g/mol. The first kappa shape index (κ1) is 21.4. The van der Waals surface area contributed by atoms with E-state index in [1.807, 2.05) is 36.4 Å². The quantitative estimate of drug-likeness (QED) is 0.619. The number of ether oxygens (including phenoxy) is 1. The van der Waals surface area contributed by atoms with Gasteiger partial charge in [-0.1, -0.05) is 48.5 Å². The molecule has 2 aromatic carbocycles. The van der Waals surface area contributed by atoms with Crippen molar-refractivity contribution < 1.29 is 24.2 Å². The SMILES string of the molecule is CC(C)(CC(=O)O)NC(=O)CCNC(=O)OCC1c2ccccc2-c2ccccc21. The molecule has 0 saturated heterocycles. The van der Waals surface area contributed by atoms with E-state index in [4.69, 9.17) is 9.84 Å². The van der Waals surface area contributed by atoms with E-state index < -0.39 is 17.6 Å². The van der Waals surface area contributed by atoms with Crippen molar-refractivity contribution in [2.45, 2.75) is 38.1 Å². The Morgan fingerprint density at radius 2 is 1.57 bits per heavy atom. The van der Waals surface area contributed by atoms with Crippen LogP contribution in [0, 0.1) is 0 Å². The first-order chi connectivity index (χ1) is 14.3. The van der Waals surface area contributed by atoms with Crippen molar-refractivity contribution in [2.24, 2.45) is 0 Å². The minimum Gasteiger partial charge on any atom is -0.481 e. The van der Waals surface area contributed by atoms with Crippen molar-refractivity contribution >= 4 is 18.0 Å². The number of nitrogens with one attached hydrogen (secondary N) is 2. The normalized spacial score (nSPS) is 12.6. The lowest BCUT2D eigenvalue weighted by molar-refractivity contribution is -0.138. The Labute approximate surface area is 175 Å². The number of alkyl carbamates (subject to hydrolysis) is 1. The summed E-state index contributed by atoms with van der Waals surface area (Å²) in [5, 5.41) is 14.1. The summed E-state index contributed by atoms with van der Waals surface area (Å²) in [6, 6.07) is 16.2. The minimum absolute atomic E-state index is 0.0248. The van der Waals surface area contributed by atoms with Crippen LogP contribution in [-0.4, -0.2) is 41.8 Å². The van der Waals surface area contributed by atoms with Crippen LogP contribution in [0.15, 0.2) is 48.5 Å². The third-order valence-corrected chi connectivity index (χ3v) is 5.04. The van der Waals surface area contributed by atoms with Crippen molar-refractivity contribution in [3.05, 3.63) is 59.7 Å². The zero-order chi connectivity index (χ0) is 21.7. The molecule has 0 saturated carbocycles. The minimum atomic E-state index is -0.989.